The van der Waals surface area contributed by atoms with E-state index in [-0.39, 0.29) is 0 Å². The highest BCUT2D eigenvalue weighted by Crippen LogP contribution is 1.86. The van der Waals surface area contributed by atoms with Crippen molar-refractivity contribution in [3.63, 3.8) is 0 Å². The van der Waals surface area contributed by atoms with Crippen LogP contribution >= 0.6 is 0 Å². The van der Waals surface area contributed by atoms with Crippen molar-refractivity contribution in [1.82, 2.24) is 4.98 Å². The van der Waals surface area contributed by atoms with Gasteiger partial charge in [0.2, 0.25) is 8.75 Å². The monoisotopic (exact) mass is 158 g/mol. The van der Waals surface area contributed by atoms with Crippen LogP contribution in [0.5, 0.6) is 0 Å². The third kappa shape index (κ3) is 5.94. The number of nitrogens with one attached hydrogen (secondary N) is 1. The minimum absolute atomic E-state index is 0.477. The zero-order chi connectivity index (χ0) is 8.15. The van der Waals surface area contributed by atoms with Gasteiger partial charge in [-0.3, -0.25) is 0 Å². The van der Waals surface area contributed by atoms with Crippen LogP contribution in [0, 0.1) is 0 Å². The topological polar surface area (TPSA) is 24.4 Å². The van der Waals surface area contributed by atoms with E-state index < -0.39 is 8.75 Å². The van der Waals surface area contributed by atoms with Crippen LogP contribution in [0.1, 0.15) is 27.7 Å². The molecule has 0 aliphatic carbocycles. The summed E-state index contributed by atoms with van der Waals surface area (Å²) in [5, 5.41) is 0. The maximum atomic E-state index is 4.51. The molecule has 3 heteroatoms. The second-order valence-electron chi connectivity index (χ2n) is 3.11. The molecule has 60 valence electrons. The first-order valence-corrected chi connectivity index (χ1v) is 5.78. The second-order valence-corrected chi connectivity index (χ2v) is 4.82. The highest BCUT2D eigenvalue weighted by atomic mass is 28.3. The Morgan fingerprint density at radius 3 is 2.00 bits per heavy atom. The smallest absolute Gasteiger partial charge is 0.231 e. The van der Waals surface area contributed by atoms with Gasteiger partial charge in [0.1, 0.15) is 0 Å². The van der Waals surface area contributed by atoms with E-state index in [1.165, 1.54) is 0 Å². The van der Waals surface area contributed by atoms with Crippen LogP contribution in [-0.2, 0) is 0 Å². The summed E-state index contributed by atoms with van der Waals surface area (Å²) in [6.45, 7) is 10.7. The van der Waals surface area contributed by atoms with E-state index in [2.05, 4.69) is 43.9 Å². The van der Waals surface area contributed by atoms with E-state index in [1.54, 1.807) is 0 Å². The zero-order valence-corrected chi connectivity index (χ0v) is 8.60. The van der Waals surface area contributed by atoms with Crippen molar-refractivity contribution < 1.29 is 0 Å². The van der Waals surface area contributed by atoms with Gasteiger partial charge in [-0.1, -0.05) is 0 Å². The molecule has 1 N–H and O–H groups in total. The Morgan fingerprint density at radius 2 is 1.70 bits per heavy atom. The molecule has 0 saturated carbocycles. The summed E-state index contributed by atoms with van der Waals surface area (Å²) in [5.41, 5.74) is 0. The summed E-state index contributed by atoms with van der Waals surface area (Å²) in [6, 6.07) is 1.05. The maximum absolute atomic E-state index is 4.51. The van der Waals surface area contributed by atoms with Crippen molar-refractivity contribution in [3.8, 4) is 0 Å². The standard InChI is InChI=1S/C7H18N2Si/c1-6(2)8-10(5)9-7(3)4/h6-8H,1-5H3/b10-9+. The average Bonchev–Trinajstić information content (AvgIpc) is 1.58. The van der Waals surface area contributed by atoms with Gasteiger partial charge >= 0.3 is 0 Å². The van der Waals surface area contributed by atoms with Crippen LogP contribution in [-0.4, -0.2) is 20.8 Å². The Balaban J connectivity index is 3.71. The van der Waals surface area contributed by atoms with Crippen LogP contribution in [0.25, 0.3) is 0 Å². The lowest BCUT2D eigenvalue weighted by Gasteiger charge is -2.08. The Morgan fingerprint density at radius 1 is 1.20 bits per heavy atom. The minimum atomic E-state index is -0.614. The van der Waals surface area contributed by atoms with Crippen LogP contribution in [0.3, 0.4) is 0 Å². The van der Waals surface area contributed by atoms with Crippen molar-refractivity contribution in [3.05, 3.63) is 0 Å². The average molecular weight is 158 g/mol. The van der Waals surface area contributed by atoms with E-state index in [1.807, 2.05) is 0 Å². The lowest BCUT2D eigenvalue weighted by molar-refractivity contribution is 0.737. The summed E-state index contributed by atoms with van der Waals surface area (Å²) >= 11 is 0. The van der Waals surface area contributed by atoms with E-state index >= 15 is 0 Å². The molecule has 0 spiro atoms. The van der Waals surface area contributed by atoms with Gasteiger partial charge in [-0.05, 0) is 34.2 Å². The molecule has 0 fully saturated rings. The lowest BCUT2D eigenvalue weighted by Crippen LogP contribution is -2.30. The molecular formula is C7H18N2Si. The molecule has 0 radical (unpaired) electrons. The van der Waals surface area contributed by atoms with Crippen molar-refractivity contribution in [1.29, 1.82) is 0 Å². The number of nitrogens with zero attached hydrogens (tertiary/aromatic N) is 1. The van der Waals surface area contributed by atoms with E-state index in [9.17, 15) is 0 Å². The van der Waals surface area contributed by atoms with Crippen LogP contribution < -0.4 is 4.98 Å². The number of hydrogen-bond acceptors (Lipinski definition) is 1. The molecule has 0 amide bonds. The molecular weight excluding hydrogens is 140 g/mol. The first-order chi connectivity index (χ1) is 4.52. The number of rotatable bonds is 3. The van der Waals surface area contributed by atoms with Crippen LogP contribution in [0.4, 0.5) is 0 Å². The van der Waals surface area contributed by atoms with Gasteiger partial charge in [-0.2, -0.15) is 0 Å². The first-order valence-electron chi connectivity index (χ1n) is 3.83. The quantitative estimate of drug-likeness (QED) is 0.622. The summed E-state index contributed by atoms with van der Waals surface area (Å²) in [7, 11) is -0.614. The molecule has 0 aromatic rings. The molecule has 0 aromatic carbocycles. The van der Waals surface area contributed by atoms with Gasteiger partial charge in [-0.25, -0.2) is 0 Å². The Kier molecular flexibility index (Phi) is 4.52. The molecule has 0 atom stereocenters. The fourth-order valence-corrected chi connectivity index (χ4v) is 2.53. The van der Waals surface area contributed by atoms with Crippen LogP contribution in [0.2, 0.25) is 6.55 Å². The largest absolute Gasteiger partial charge is 0.405 e. The predicted molar refractivity (Wildman–Crippen MR) is 47.5 cm³/mol. The summed E-state index contributed by atoms with van der Waals surface area (Å²) < 4.78 is 4.51. The molecule has 0 bridgehead atoms. The molecule has 0 saturated heterocycles. The fourth-order valence-electron chi connectivity index (χ4n) is 0.842. The molecule has 0 heterocycles. The SMILES string of the molecule is CC(C)/N=[Si](\C)NC(C)C. The molecule has 0 rings (SSSR count). The van der Waals surface area contributed by atoms with Gasteiger partial charge in [0.25, 0.3) is 0 Å². The zero-order valence-electron chi connectivity index (χ0n) is 7.60. The van der Waals surface area contributed by atoms with E-state index in [0.29, 0.717) is 12.1 Å². The van der Waals surface area contributed by atoms with Gasteiger partial charge in [0.05, 0.1) is 0 Å². The van der Waals surface area contributed by atoms with Crippen molar-refractivity contribution in [2.75, 3.05) is 0 Å². The Labute approximate surface area is 65.4 Å². The molecule has 2 nitrogen and oxygen atoms in total. The highest BCUT2D eigenvalue weighted by molar-refractivity contribution is 6.41. The molecule has 10 heavy (non-hydrogen) atoms. The predicted octanol–water partition coefficient (Wildman–Crippen LogP) is 1.78. The second kappa shape index (κ2) is 4.60. The van der Waals surface area contributed by atoms with Crippen LogP contribution in [0.15, 0.2) is 4.63 Å². The fraction of sp³-hybridized carbons (Fsp3) is 1.00. The molecule has 0 aliphatic rings. The lowest BCUT2D eigenvalue weighted by atomic mass is 10.4. The van der Waals surface area contributed by atoms with Crippen molar-refractivity contribution in [2.45, 2.75) is 46.3 Å². The Bertz CT molecular complexity index is 119. The molecule has 0 aromatic heterocycles. The van der Waals surface area contributed by atoms with Gasteiger partial charge in [0, 0.05) is 12.1 Å². The molecule has 0 unspecified atom stereocenters. The first kappa shape index (κ1) is 9.82. The normalized spacial score (nSPS) is 12.9. The van der Waals surface area contributed by atoms with Crippen molar-refractivity contribution in [2.24, 2.45) is 4.63 Å². The third-order valence-corrected chi connectivity index (χ3v) is 2.85. The summed E-state index contributed by atoms with van der Waals surface area (Å²) in [4.78, 5) is 3.41. The minimum Gasteiger partial charge on any atom is -0.405 e. The van der Waals surface area contributed by atoms with Gasteiger partial charge < -0.3 is 9.62 Å². The highest BCUT2D eigenvalue weighted by Gasteiger charge is 1.95. The van der Waals surface area contributed by atoms with Crippen molar-refractivity contribution >= 4 is 8.75 Å². The summed E-state index contributed by atoms with van der Waals surface area (Å²) in [6.07, 6.45) is 0. The Hall–Kier alpha value is -0.183. The number of hydrogen-bond donors (Lipinski definition) is 1. The third-order valence-electron chi connectivity index (χ3n) is 0.949. The summed E-state index contributed by atoms with van der Waals surface area (Å²) in [5.74, 6) is 0. The van der Waals surface area contributed by atoms with E-state index in [0.717, 1.165) is 0 Å². The van der Waals surface area contributed by atoms with Gasteiger partial charge in [-0.15, -0.1) is 0 Å². The van der Waals surface area contributed by atoms with E-state index in [4.69, 9.17) is 0 Å². The molecule has 0 aliphatic heterocycles. The maximum Gasteiger partial charge on any atom is 0.231 e. The van der Waals surface area contributed by atoms with Gasteiger partial charge in [0.15, 0.2) is 0 Å².